The second kappa shape index (κ2) is 8.23. The fourth-order valence-electron chi connectivity index (χ4n) is 3.28. The Balaban J connectivity index is 1.71. The third-order valence-electron chi connectivity index (χ3n) is 4.79. The topological polar surface area (TPSA) is 54.5 Å². The maximum Gasteiger partial charge on any atom is 0.356 e. The van der Waals surface area contributed by atoms with Crippen LogP contribution in [-0.4, -0.2) is 49.6 Å². The number of hydrogen-bond donors (Lipinski definition) is 1. The first kappa shape index (κ1) is 17.6. The van der Waals surface area contributed by atoms with Crippen LogP contribution in [0.3, 0.4) is 0 Å². The molecule has 1 aromatic heterocycles. The summed E-state index contributed by atoms with van der Waals surface area (Å²) in [6.45, 7) is 3.45. The van der Waals surface area contributed by atoms with Crippen LogP contribution >= 0.6 is 0 Å². The van der Waals surface area contributed by atoms with E-state index in [0.29, 0.717) is 11.7 Å². The van der Waals surface area contributed by atoms with Crippen LogP contribution in [0.5, 0.6) is 0 Å². The molecule has 0 amide bonds. The molecule has 5 nitrogen and oxygen atoms in total. The van der Waals surface area contributed by atoms with E-state index in [1.165, 1.54) is 38.6 Å². The number of rotatable bonds is 6. The zero-order valence-corrected chi connectivity index (χ0v) is 14.9. The van der Waals surface area contributed by atoms with Gasteiger partial charge in [-0.1, -0.05) is 30.3 Å². The van der Waals surface area contributed by atoms with Crippen LogP contribution in [0.4, 0.5) is 0 Å². The molecule has 0 saturated carbocycles. The van der Waals surface area contributed by atoms with Gasteiger partial charge in [0.2, 0.25) is 0 Å². The highest BCUT2D eigenvalue weighted by Crippen LogP contribution is 2.23. The minimum atomic E-state index is -0.416. The molecule has 2 aromatic rings. The van der Waals surface area contributed by atoms with Gasteiger partial charge in [0.05, 0.1) is 7.11 Å². The normalized spacial score (nSPS) is 15.9. The lowest BCUT2D eigenvalue weighted by Crippen LogP contribution is -2.31. The molecule has 1 aromatic carbocycles. The van der Waals surface area contributed by atoms with E-state index in [4.69, 9.17) is 0 Å². The molecule has 1 aliphatic rings. The van der Waals surface area contributed by atoms with E-state index in [0.717, 1.165) is 17.7 Å². The first-order valence-corrected chi connectivity index (χ1v) is 8.75. The molecule has 0 aliphatic carbocycles. The average molecular weight is 339 g/mol. The number of carbonyl (C=O) groups is 1. The summed E-state index contributed by atoms with van der Waals surface area (Å²) in [5, 5.41) is 3.43. The van der Waals surface area contributed by atoms with Crippen LogP contribution in [0.25, 0.3) is 11.1 Å². The van der Waals surface area contributed by atoms with Crippen molar-refractivity contribution in [1.29, 1.82) is 0 Å². The Morgan fingerprint density at radius 3 is 2.40 bits per heavy atom. The maximum atomic E-state index is 11.5. The molecule has 1 aliphatic heterocycles. The second-order valence-corrected chi connectivity index (χ2v) is 6.39. The van der Waals surface area contributed by atoms with Gasteiger partial charge in [0, 0.05) is 24.3 Å². The number of nitrogens with one attached hydrogen (secondary N) is 1. The Kier molecular flexibility index (Phi) is 5.79. The number of likely N-dealkylation sites (tertiary alicyclic amines) is 1. The highest BCUT2D eigenvalue weighted by Gasteiger charge is 2.17. The molecule has 0 spiro atoms. The number of benzene rings is 1. The van der Waals surface area contributed by atoms with Crippen LogP contribution in [0.2, 0.25) is 0 Å². The van der Waals surface area contributed by atoms with Gasteiger partial charge in [-0.2, -0.15) is 0 Å². The monoisotopic (exact) mass is 339 g/mol. The number of esters is 1. The first-order valence-electron chi connectivity index (χ1n) is 8.75. The second-order valence-electron chi connectivity index (χ2n) is 6.39. The molecule has 0 radical (unpaired) electrons. The van der Waals surface area contributed by atoms with Gasteiger partial charge in [-0.25, -0.2) is 9.78 Å². The van der Waals surface area contributed by atoms with Crippen molar-refractivity contribution in [2.24, 2.45) is 0 Å². The quantitative estimate of drug-likeness (QED) is 0.820. The Hall–Kier alpha value is -2.24. The summed E-state index contributed by atoms with van der Waals surface area (Å²) in [6, 6.07) is 12.5. The highest BCUT2D eigenvalue weighted by atomic mass is 16.5. The number of pyridine rings is 1. The molecule has 1 atom stereocenters. The van der Waals surface area contributed by atoms with E-state index in [2.05, 4.69) is 44.2 Å². The lowest BCUT2D eigenvalue weighted by molar-refractivity contribution is 0.0594. The van der Waals surface area contributed by atoms with Crippen molar-refractivity contribution >= 4 is 5.97 Å². The van der Waals surface area contributed by atoms with Gasteiger partial charge in [-0.05, 0) is 50.2 Å². The Morgan fingerprint density at radius 2 is 1.84 bits per heavy atom. The van der Waals surface area contributed by atoms with Crippen molar-refractivity contribution in [1.82, 2.24) is 15.2 Å². The van der Waals surface area contributed by atoms with Crippen molar-refractivity contribution in [2.45, 2.75) is 18.9 Å². The summed E-state index contributed by atoms with van der Waals surface area (Å²) in [6.07, 6.45) is 4.33. The molecule has 132 valence electrons. The van der Waals surface area contributed by atoms with E-state index in [1.807, 2.05) is 13.1 Å². The molecule has 25 heavy (non-hydrogen) atoms. The van der Waals surface area contributed by atoms with Gasteiger partial charge in [0.1, 0.15) is 5.69 Å². The summed E-state index contributed by atoms with van der Waals surface area (Å²) >= 11 is 0. The number of aromatic nitrogens is 1. The smallest absolute Gasteiger partial charge is 0.356 e. The Labute approximate surface area is 149 Å². The van der Waals surface area contributed by atoms with Crippen LogP contribution in [0.15, 0.2) is 42.6 Å². The Bertz CT molecular complexity index is 692. The zero-order valence-electron chi connectivity index (χ0n) is 14.9. The molecule has 1 N–H and O–H groups in total. The summed E-state index contributed by atoms with van der Waals surface area (Å²) in [5.74, 6) is -0.416. The van der Waals surface area contributed by atoms with Crippen molar-refractivity contribution in [3.05, 3.63) is 53.9 Å². The van der Waals surface area contributed by atoms with Crippen LogP contribution in [0.1, 0.15) is 34.9 Å². The van der Waals surface area contributed by atoms with Crippen LogP contribution in [0, 0.1) is 0 Å². The molecular weight excluding hydrogens is 314 g/mol. The van der Waals surface area contributed by atoms with Gasteiger partial charge in [-0.3, -0.25) is 0 Å². The fourth-order valence-corrected chi connectivity index (χ4v) is 3.28. The molecule has 1 fully saturated rings. The molecular formula is C20H25N3O2. The summed E-state index contributed by atoms with van der Waals surface area (Å²) in [4.78, 5) is 18.2. The van der Waals surface area contributed by atoms with Gasteiger partial charge in [0.15, 0.2) is 0 Å². The molecule has 0 bridgehead atoms. The summed E-state index contributed by atoms with van der Waals surface area (Å²) in [7, 11) is 3.38. The summed E-state index contributed by atoms with van der Waals surface area (Å²) < 4.78 is 4.68. The number of hydrogen-bond acceptors (Lipinski definition) is 5. The predicted octanol–water partition coefficient (Wildman–Crippen LogP) is 2.89. The lowest BCUT2D eigenvalue weighted by Gasteiger charge is -2.23. The van der Waals surface area contributed by atoms with Crippen LogP contribution in [-0.2, 0) is 4.74 Å². The van der Waals surface area contributed by atoms with Gasteiger partial charge in [0.25, 0.3) is 0 Å². The minimum Gasteiger partial charge on any atom is -0.464 e. The average Bonchev–Trinajstić information content (AvgIpc) is 3.19. The largest absolute Gasteiger partial charge is 0.464 e. The SMILES string of the molecule is CNC(CN1CCCC1)c1ccc(-c2ccc(C(=O)OC)nc2)cc1. The summed E-state index contributed by atoms with van der Waals surface area (Å²) in [5.41, 5.74) is 3.68. The fraction of sp³-hybridized carbons (Fsp3) is 0.400. The van der Waals surface area contributed by atoms with E-state index in [-0.39, 0.29) is 0 Å². The predicted molar refractivity (Wildman–Crippen MR) is 98.5 cm³/mol. The Morgan fingerprint density at radius 1 is 1.16 bits per heavy atom. The number of ether oxygens (including phenoxy) is 1. The first-order chi connectivity index (χ1) is 12.2. The number of carbonyl (C=O) groups excluding carboxylic acids is 1. The molecule has 5 heteroatoms. The third kappa shape index (κ3) is 4.24. The van der Waals surface area contributed by atoms with Crippen molar-refractivity contribution < 1.29 is 9.53 Å². The van der Waals surface area contributed by atoms with E-state index in [9.17, 15) is 4.79 Å². The van der Waals surface area contributed by atoms with Crippen molar-refractivity contribution in [2.75, 3.05) is 33.8 Å². The van der Waals surface area contributed by atoms with E-state index >= 15 is 0 Å². The molecule has 2 heterocycles. The van der Waals surface area contributed by atoms with Gasteiger partial charge >= 0.3 is 5.97 Å². The lowest BCUT2D eigenvalue weighted by atomic mass is 10.0. The highest BCUT2D eigenvalue weighted by molar-refractivity contribution is 5.87. The van der Waals surface area contributed by atoms with Crippen LogP contribution < -0.4 is 5.32 Å². The van der Waals surface area contributed by atoms with E-state index < -0.39 is 5.97 Å². The van der Waals surface area contributed by atoms with Crippen molar-refractivity contribution in [3.8, 4) is 11.1 Å². The maximum absolute atomic E-state index is 11.5. The number of methoxy groups -OCH3 is 1. The van der Waals surface area contributed by atoms with Gasteiger partial charge < -0.3 is 15.0 Å². The zero-order chi connectivity index (χ0) is 17.6. The van der Waals surface area contributed by atoms with Gasteiger partial charge in [-0.15, -0.1) is 0 Å². The van der Waals surface area contributed by atoms with E-state index in [1.54, 1.807) is 12.3 Å². The molecule has 1 unspecified atom stereocenters. The number of nitrogens with zero attached hydrogens (tertiary/aromatic N) is 2. The molecule has 3 rings (SSSR count). The van der Waals surface area contributed by atoms with Crippen molar-refractivity contribution in [3.63, 3.8) is 0 Å². The molecule has 1 saturated heterocycles. The minimum absolute atomic E-state index is 0.323. The third-order valence-corrected chi connectivity index (χ3v) is 4.79. The number of likely N-dealkylation sites (N-methyl/N-ethyl adjacent to an activating group) is 1. The standard InChI is InChI=1S/C20H25N3O2/c1-21-19(14-23-11-3-4-12-23)16-7-5-15(6-8-16)17-9-10-18(22-13-17)20(24)25-2/h5-10,13,19,21H,3-4,11-12,14H2,1-2H3.